The number of amides is 1. The molecule has 1 aromatic rings. The minimum absolute atomic E-state index is 0.187. The molecule has 0 atom stereocenters. The zero-order valence-corrected chi connectivity index (χ0v) is 11.5. The van der Waals surface area contributed by atoms with Gasteiger partial charge < -0.3 is 15.5 Å². The van der Waals surface area contributed by atoms with Gasteiger partial charge in [-0.25, -0.2) is 0 Å². The van der Waals surface area contributed by atoms with Crippen LogP contribution in [-0.4, -0.2) is 43.4 Å². The summed E-state index contributed by atoms with van der Waals surface area (Å²) in [5.41, 5.74) is 7.74. The lowest BCUT2D eigenvalue weighted by Crippen LogP contribution is -2.24. The van der Waals surface area contributed by atoms with Crippen LogP contribution in [0.1, 0.15) is 18.4 Å². The van der Waals surface area contributed by atoms with Crippen molar-refractivity contribution in [2.24, 2.45) is 0 Å². The third-order valence-electron chi connectivity index (χ3n) is 2.83. The molecule has 2 N–H and O–H groups in total. The topological polar surface area (TPSA) is 49.6 Å². The van der Waals surface area contributed by atoms with Gasteiger partial charge in [0.05, 0.1) is 0 Å². The first-order chi connectivity index (χ1) is 8.49. The first kappa shape index (κ1) is 14.5. The lowest BCUT2D eigenvalue weighted by atomic mass is 10.2. The molecule has 0 aromatic heterocycles. The van der Waals surface area contributed by atoms with Gasteiger partial charge in [-0.1, -0.05) is 12.1 Å². The Balaban J connectivity index is 2.30. The van der Waals surface area contributed by atoms with E-state index >= 15 is 0 Å². The second-order valence-electron chi connectivity index (χ2n) is 4.87. The van der Waals surface area contributed by atoms with Crippen LogP contribution in [0.4, 0.5) is 5.69 Å². The molecular formula is C14H23N3O. The number of nitrogens with two attached hydrogens (primary N) is 1. The molecule has 0 spiro atoms. The molecule has 0 aliphatic carbocycles. The first-order valence-electron chi connectivity index (χ1n) is 6.22. The van der Waals surface area contributed by atoms with Crippen molar-refractivity contribution in [3.05, 3.63) is 29.8 Å². The third kappa shape index (κ3) is 5.19. The standard InChI is InChI=1S/C14H23N3O/c1-16(2)14(18)8-5-9-17(3)11-12-6-4-7-13(15)10-12/h4,6-7,10H,5,8-9,11,15H2,1-3H3. The van der Waals surface area contributed by atoms with Crippen LogP contribution in [0.15, 0.2) is 24.3 Å². The molecule has 0 saturated heterocycles. The molecule has 0 saturated carbocycles. The molecule has 1 amide bonds. The number of carbonyl (C=O) groups is 1. The SMILES string of the molecule is CN(CCCC(=O)N(C)C)Cc1cccc(N)c1. The summed E-state index contributed by atoms with van der Waals surface area (Å²) in [7, 11) is 5.64. The van der Waals surface area contributed by atoms with E-state index in [0.717, 1.165) is 25.2 Å². The fourth-order valence-electron chi connectivity index (χ4n) is 1.81. The summed E-state index contributed by atoms with van der Waals surface area (Å²) in [6.07, 6.45) is 1.49. The fraction of sp³-hybridized carbons (Fsp3) is 0.500. The van der Waals surface area contributed by atoms with E-state index in [-0.39, 0.29) is 5.91 Å². The van der Waals surface area contributed by atoms with Gasteiger partial charge in [-0.15, -0.1) is 0 Å². The van der Waals surface area contributed by atoms with Crippen LogP contribution in [0.5, 0.6) is 0 Å². The highest BCUT2D eigenvalue weighted by atomic mass is 16.2. The highest BCUT2D eigenvalue weighted by Crippen LogP contribution is 2.09. The monoisotopic (exact) mass is 249 g/mol. The highest BCUT2D eigenvalue weighted by molar-refractivity contribution is 5.75. The van der Waals surface area contributed by atoms with Crippen LogP contribution in [0.25, 0.3) is 0 Å². The van der Waals surface area contributed by atoms with Gasteiger partial charge >= 0.3 is 0 Å². The fourth-order valence-corrected chi connectivity index (χ4v) is 1.81. The van der Waals surface area contributed by atoms with E-state index in [0.29, 0.717) is 6.42 Å². The second-order valence-corrected chi connectivity index (χ2v) is 4.87. The van der Waals surface area contributed by atoms with E-state index < -0.39 is 0 Å². The van der Waals surface area contributed by atoms with Gasteiger partial charge in [0, 0.05) is 32.7 Å². The molecule has 1 aromatic carbocycles. The van der Waals surface area contributed by atoms with Crippen LogP contribution < -0.4 is 5.73 Å². The van der Waals surface area contributed by atoms with Crippen LogP contribution in [0.3, 0.4) is 0 Å². The van der Waals surface area contributed by atoms with E-state index in [1.165, 1.54) is 5.56 Å². The highest BCUT2D eigenvalue weighted by Gasteiger charge is 2.05. The van der Waals surface area contributed by atoms with Gasteiger partial charge in [0.25, 0.3) is 0 Å². The van der Waals surface area contributed by atoms with Crippen LogP contribution in [-0.2, 0) is 11.3 Å². The molecule has 0 unspecified atom stereocenters. The maximum atomic E-state index is 11.4. The van der Waals surface area contributed by atoms with E-state index in [4.69, 9.17) is 5.73 Å². The predicted molar refractivity (Wildman–Crippen MR) is 75.1 cm³/mol. The normalized spacial score (nSPS) is 10.7. The van der Waals surface area contributed by atoms with Gasteiger partial charge in [-0.2, -0.15) is 0 Å². The number of rotatable bonds is 6. The van der Waals surface area contributed by atoms with Crippen molar-refractivity contribution in [2.75, 3.05) is 33.4 Å². The Morgan fingerprint density at radius 1 is 1.28 bits per heavy atom. The number of nitrogens with zero attached hydrogens (tertiary/aromatic N) is 2. The number of nitrogen functional groups attached to an aromatic ring is 1. The van der Waals surface area contributed by atoms with Crippen molar-refractivity contribution in [2.45, 2.75) is 19.4 Å². The van der Waals surface area contributed by atoms with Crippen molar-refractivity contribution >= 4 is 11.6 Å². The number of hydrogen-bond acceptors (Lipinski definition) is 3. The van der Waals surface area contributed by atoms with Crippen molar-refractivity contribution in [1.29, 1.82) is 0 Å². The second kappa shape index (κ2) is 7.01. The number of anilines is 1. The maximum absolute atomic E-state index is 11.4. The molecule has 100 valence electrons. The maximum Gasteiger partial charge on any atom is 0.222 e. The van der Waals surface area contributed by atoms with Crippen LogP contribution in [0.2, 0.25) is 0 Å². The molecule has 0 bridgehead atoms. The average molecular weight is 249 g/mol. The summed E-state index contributed by atoms with van der Waals surface area (Å²) in [5, 5.41) is 0. The summed E-state index contributed by atoms with van der Waals surface area (Å²) in [6.45, 7) is 1.77. The Morgan fingerprint density at radius 2 is 2.00 bits per heavy atom. The van der Waals surface area contributed by atoms with E-state index in [9.17, 15) is 4.79 Å². The van der Waals surface area contributed by atoms with Gasteiger partial charge in [0.2, 0.25) is 5.91 Å². The van der Waals surface area contributed by atoms with Gasteiger partial charge in [-0.3, -0.25) is 4.79 Å². The van der Waals surface area contributed by atoms with E-state index in [1.54, 1.807) is 19.0 Å². The summed E-state index contributed by atoms with van der Waals surface area (Å²) in [6, 6.07) is 7.91. The first-order valence-corrected chi connectivity index (χ1v) is 6.22. The van der Waals surface area contributed by atoms with Crippen molar-refractivity contribution in [3.8, 4) is 0 Å². The Labute approximate surface area is 109 Å². The Kier molecular flexibility index (Phi) is 5.65. The van der Waals surface area contributed by atoms with Crippen LogP contribution in [0, 0.1) is 0 Å². The molecule has 0 aliphatic heterocycles. The largest absolute Gasteiger partial charge is 0.399 e. The summed E-state index contributed by atoms with van der Waals surface area (Å²) >= 11 is 0. The lowest BCUT2D eigenvalue weighted by Gasteiger charge is -2.17. The minimum atomic E-state index is 0.187. The summed E-state index contributed by atoms with van der Waals surface area (Å²) < 4.78 is 0. The van der Waals surface area contributed by atoms with Crippen molar-refractivity contribution in [1.82, 2.24) is 9.80 Å². The molecule has 18 heavy (non-hydrogen) atoms. The van der Waals surface area contributed by atoms with Crippen molar-refractivity contribution in [3.63, 3.8) is 0 Å². The predicted octanol–water partition coefficient (Wildman–Crippen LogP) is 1.57. The van der Waals surface area contributed by atoms with Crippen LogP contribution >= 0.6 is 0 Å². The number of hydrogen-bond donors (Lipinski definition) is 1. The Bertz CT molecular complexity index is 390. The quantitative estimate of drug-likeness (QED) is 0.779. The Hall–Kier alpha value is -1.55. The molecule has 0 fully saturated rings. The van der Waals surface area contributed by atoms with Gasteiger partial charge in [-0.05, 0) is 37.7 Å². The molecular weight excluding hydrogens is 226 g/mol. The minimum Gasteiger partial charge on any atom is -0.399 e. The smallest absolute Gasteiger partial charge is 0.222 e. The zero-order valence-electron chi connectivity index (χ0n) is 11.5. The number of benzene rings is 1. The third-order valence-corrected chi connectivity index (χ3v) is 2.83. The van der Waals surface area contributed by atoms with E-state index in [1.807, 2.05) is 18.2 Å². The molecule has 0 heterocycles. The molecule has 4 heteroatoms. The lowest BCUT2D eigenvalue weighted by molar-refractivity contribution is -0.128. The molecule has 0 radical (unpaired) electrons. The van der Waals surface area contributed by atoms with Gasteiger partial charge in [0.15, 0.2) is 0 Å². The van der Waals surface area contributed by atoms with E-state index in [2.05, 4.69) is 18.0 Å². The molecule has 0 aliphatic rings. The van der Waals surface area contributed by atoms with Gasteiger partial charge in [0.1, 0.15) is 0 Å². The summed E-state index contributed by atoms with van der Waals surface area (Å²) in [4.78, 5) is 15.3. The Morgan fingerprint density at radius 3 is 2.61 bits per heavy atom. The average Bonchev–Trinajstić information content (AvgIpc) is 2.28. The zero-order chi connectivity index (χ0) is 13.5. The van der Waals surface area contributed by atoms with Crippen molar-refractivity contribution < 1.29 is 4.79 Å². The molecule has 1 rings (SSSR count). The summed E-state index contributed by atoms with van der Waals surface area (Å²) in [5.74, 6) is 0.187. The molecule has 4 nitrogen and oxygen atoms in total. The number of carbonyl (C=O) groups excluding carboxylic acids is 1.